The van der Waals surface area contributed by atoms with E-state index >= 15 is 0 Å². The van der Waals surface area contributed by atoms with Crippen LogP contribution in [0.2, 0.25) is 0 Å². The topological polar surface area (TPSA) is 55.8 Å². The molecule has 1 aliphatic carbocycles. The molecular formula is C18H29Cl2N3O2. The maximum absolute atomic E-state index is 12.1. The van der Waals surface area contributed by atoms with Crippen molar-refractivity contribution >= 4 is 30.7 Å². The molecule has 1 aromatic carbocycles. The third kappa shape index (κ3) is 7.12. The highest BCUT2D eigenvalue weighted by Gasteiger charge is 2.24. The molecular weight excluding hydrogens is 361 g/mol. The number of β-amino-alcohol motifs (C(OH)–C–C–N with tert-alkyl or cyclic N) is 1. The zero-order valence-electron chi connectivity index (χ0n) is 14.5. The lowest BCUT2D eigenvalue weighted by molar-refractivity contribution is -0.132. The minimum Gasteiger partial charge on any atom is -0.387 e. The van der Waals surface area contributed by atoms with Crippen molar-refractivity contribution in [2.24, 2.45) is 5.92 Å². The standard InChI is InChI=1S/C18H27N3O2.2ClH/c22-17(16-4-2-1-3-5-16)14-20-8-10-21(11-9-20)18(23)13-19-12-15-6-7-15;;/h1-5,15,17,19,22H,6-14H2;2*1H. The van der Waals surface area contributed by atoms with Crippen LogP contribution in [0.1, 0.15) is 24.5 Å². The van der Waals surface area contributed by atoms with Crippen molar-refractivity contribution in [2.75, 3.05) is 45.8 Å². The quantitative estimate of drug-likeness (QED) is 0.745. The molecule has 0 radical (unpaired) electrons. The second-order valence-corrected chi connectivity index (χ2v) is 6.68. The van der Waals surface area contributed by atoms with E-state index < -0.39 is 6.10 Å². The second kappa shape index (κ2) is 11.0. The molecule has 3 rings (SSSR count). The first-order chi connectivity index (χ1) is 11.2. The summed E-state index contributed by atoms with van der Waals surface area (Å²) in [6.45, 7) is 5.25. The predicted molar refractivity (Wildman–Crippen MR) is 105 cm³/mol. The Morgan fingerprint density at radius 1 is 1.12 bits per heavy atom. The molecule has 1 aromatic rings. The van der Waals surface area contributed by atoms with Crippen LogP contribution in [0.25, 0.3) is 0 Å². The summed E-state index contributed by atoms with van der Waals surface area (Å²) in [5.74, 6) is 1.01. The lowest BCUT2D eigenvalue weighted by Gasteiger charge is -2.35. The number of carbonyl (C=O) groups is 1. The SMILES string of the molecule is Cl.Cl.O=C(CNCC1CC1)N1CCN(CC(O)c2ccccc2)CC1. The van der Waals surface area contributed by atoms with Crippen LogP contribution in [0, 0.1) is 5.92 Å². The highest BCUT2D eigenvalue weighted by atomic mass is 35.5. The van der Waals surface area contributed by atoms with Gasteiger partial charge in [0.1, 0.15) is 0 Å². The summed E-state index contributed by atoms with van der Waals surface area (Å²) in [4.78, 5) is 16.3. The summed E-state index contributed by atoms with van der Waals surface area (Å²) >= 11 is 0. The molecule has 2 aliphatic rings. The summed E-state index contributed by atoms with van der Waals surface area (Å²) in [6.07, 6.45) is 2.16. The van der Waals surface area contributed by atoms with Gasteiger partial charge in [0.15, 0.2) is 0 Å². The number of carbonyl (C=O) groups excluding carboxylic acids is 1. The lowest BCUT2D eigenvalue weighted by Crippen LogP contribution is -2.51. The van der Waals surface area contributed by atoms with Gasteiger partial charge in [-0.1, -0.05) is 30.3 Å². The van der Waals surface area contributed by atoms with Crippen molar-refractivity contribution < 1.29 is 9.90 Å². The minimum atomic E-state index is -0.460. The maximum Gasteiger partial charge on any atom is 0.236 e. The molecule has 0 bridgehead atoms. The molecule has 1 atom stereocenters. The van der Waals surface area contributed by atoms with Crippen molar-refractivity contribution in [3.05, 3.63) is 35.9 Å². The molecule has 2 fully saturated rings. The monoisotopic (exact) mass is 389 g/mol. The van der Waals surface area contributed by atoms with Gasteiger partial charge in [-0.15, -0.1) is 24.8 Å². The van der Waals surface area contributed by atoms with Crippen molar-refractivity contribution in [3.63, 3.8) is 0 Å². The predicted octanol–water partition coefficient (Wildman–Crippen LogP) is 1.71. The number of nitrogens with zero attached hydrogens (tertiary/aromatic N) is 2. The van der Waals surface area contributed by atoms with Crippen molar-refractivity contribution in [1.29, 1.82) is 0 Å². The first-order valence-electron chi connectivity index (χ1n) is 8.66. The average Bonchev–Trinajstić information content (AvgIpc) is 3.40. The number of benzene rings is 1. The number of hydrogen-bond donors (Lipinski definition) is 2. The average molecular weight is 390 g/mol. The van der Waals surface area contributed by atoms with Crippen molar-refractivity contribution in [2.45, 2.75) is 18.9 Å². The van der Waals surface area contributed by atoms with Crippen LogP contribution in [0.5, 0.6) is 0 Å². The molecule has 1 heterocycles. The number of nitrogens with one attached hydrogen (secondary N) is 1. The van der Waals surface area contributed by atoms with Gasteiger partial charge in [-0.2, -0.15) is 0 Å². The van der Waals surface area contributed by atoms with E-state index in [1.807, 2.05) is 35.2 Å². The Morgan fingerprint density at radius 2 is 1.76 bits per heavy atom. The van der Waals surface area contributed by atoms with Gasteiger partial charge < -0.3 is 15.3 Å². The summed E-state index contributed by atoms with van der Waals surface area (Å²) in [5.41, 5.74) is 0.954. The van der Waals surface area contributed by atoms with E-state index in [2.05, 4.69) is 10.2 Å². The van der Waals surface area contributed by atoms with Gasteiger partial charge in [-0.05, 0) is 30.9 Å². The van der Waals surface area contributed by atoms with Gasteiger partial charge in [0, 0.05) is 32.7 Å². The van der Waals surface area contributed by atoms with Crippen LogP contribution in [-0.4, -0.2) is 66.6 Å². The Kier molecular flexibility index (Phi) is 9.75. The fraction of sp³-hybridized carbons (Fsp3) is 0.611. The van der Waals surface area contributed by atoms with Gasteiger partial charge in [0.25, 0.3) is 0 Å². The second-order valence-electron chi connectivity index (χ2n) is 6.68. The Labute approximate surface area is 162 Å². The molecule has 1 saturated heterocycles. The number of aliphatic hydroxyl groups excluding tert-OH is 1. The first kappa shape index (κ1) is 22.2. The number of aliphatic hydroxyl groups is 1. The van der Waals surface area contributed by atoms with Crippen LogP contribution in [0.15, 0.2) is 30.3 Å². The van der Waals surface area contributed by atoms with Crippen molar-refractivity contribution in [3.8, 4) is 0 Å². The molecule has 1 saturated carbocycles. The molecule has 0 spiro atoms. The van der Waals surface area contributed by atoms with Crippen LogP contribution >= 0.6 is 24.8 Å². The minimum absolute atomic E-state index is 0. The fourth-order valence-corrected chi connectivity index (χ4v) is 3.02. The van der Waals surface area contributed by atoms with Crippen molar-refractivity contribution in [1.82, 2.24) is 15.1 Å². The Morgan fingerprint density at radius 3 is 2.36 bits per heavy atom. The molecule has 1 unspecified atom stereocenters. The molecule has 1 amide bonds. The van der Waals surface area contributed by atoms with E-state index in [1.54, 1.807) is 0 Å². The normalized spacial score (nSPS) is 18.8. The number of halogens is 2. The summed E-state index contributed by atoms with van der Waals surface area (Å²) in [7, 11) is 0. The van der Waals surface area contributed by atoms with Gasteiger partial charge in [-0.3, -0.25) is 9.69 Å². The van der Waals surface area contributed by atoms with Crippen LogP contribution in [-0.2, 0) is 4.79 Å². The molecule has 1 aliphatic heterocycles. The van der Waals surface area contributed by atoms with E-state index in [-0.39, 0.29) is 30.7 Å². The summed E-state index contributed by atoms with van der Waals surface area (Å²) in [5, 5.41) is 13.6. The van der Waals surface area contributed by atoms with Gasteiger partial charge in [0.05, 0.1) is 12.6 Å². The molecule has 2 N–H and O–H groups in total. The smallest absolute Gasteiger partial charge is 0.236 e. The largest absolute Gasteiger partial charge is 0.387 e. The zero-order valence-corrected chi connectivity index (χ0v) is 16.1. The highest BCUT2D eigenvalue weighted by molar-refractivity contribution is 5.85. The third-order valence-electron chi connectivity index (χ3n) is 4.75. The lowest BCUT2D eigenvalue weighted by atomic mass is 10.1. The maximum atomic E-state index is 12.1. The summed E-state index contributed by atoms with van der Waals surface area (Å²) in [6, 6.07) is 9.76. The Bertz CT molecular complexity index is 506. The van der Waals surface area contributed by atoms with Crippen LogP contribution < -0.4 is 5.32 Å². The number of amides is 1. The first-order valence-corrected chi connectivity index (χ1v) is 8.66. The molecule has 0 aromatic heterocycles. The van der Waals surface area contributed by atoms with E-state index in [4.69, 9.17) is 0 Å². The third-order valence-corrected chi connectivity index (χ3v) is 4.75. The van der Waals surface area contributed by atoms with E-state index in [0.717, 1.165) is 44.2 Å². The van der Waals surface area contributed by atoms with E-state index in [9.17, 15) is 9.90 Å². The summed E-state index contributed by atoms with van der Waals surface area (Å²) < 4.78 is 0. The molecule has 25 heavy (non-hydrogen) atoms. The van der Waals surface area contributed by atoms with E-state index in [1.165, 1.54) is 12.8 Å². The van der Waals surface area contributed by atoms with Crippen LogP contribution in [0.4, 0.5) is 0 Å². The number of rotatable bonds is 7. The zero-order chi connectivity index (χ0) is 16.1. The van der Waals surface area contributed by atoms with Gasteiger partial charge in [0.2, 0.25) is 5.91 Å². The molecule has 5 nitrogen and oxygen atoms in total. The highest BCUT2D eigenvalue weighted by Crippen LogP contribution is 2.27. The number of piperazine rings is 1. The van der Waals surface area contributed by atoms with Gasteiger partial charge >= 0.3 is 0 Å². The Hall–Kier alpha value is -0.850. The fourth-order valence-electron chi connectivity index (χ4n) is 3.02. The molecule has 142 valence electrons. The van der Waals surface area contributed by atoms with Gasteiger partial charge in [-0.25, -0.2) is 0 Å². The molecule has 7 heteroatoms. The van der Waals surface area contributed by atoms with Crippen LogP contribution in [0.3, 0.4) is 0 Å². The Balaban J connectivity index is 0.00000156. The van der Waals surface area contributed by atoms with E-state index in [0.29, 0.717) is 13.1 Å². The number of hydrogen-bond acceptors (Lipinski definition) is 4.